The summed E-state index contributed by atoms with van der Waals surface area (Å²) < 4.78 is 5.82. The zero-order valence-corrected chi connectivity index (χ0v) is 26.1. The Morgan fingerprint density at radius 3 is 2.39 bits per heavy atom. The number of nitrogens with one attached hydrogen (secondary N) is 3. The zero-order chi connectivity index (χ0) is 31.4. The van der Waals surface area contributed by atoms with Crippen LogP contribution in [0.25, 0.3) is 11.1 Å². The number of primary amides is 1. The maximum Gasteiger partial charge on any atom is 0.252 e. The first-order valence-corrected chi connectivity index (χ1v) is 14.9. The molecule has 0 bridgehead atoms. The Labute approximate surface area is 262 Å². The molecule has 11 heteroatoms. The van der Waals surface area contributed by atoms with Gasteiger partial charge >= 0.3 is 0 Å². The van der Waals surface area contributed by atoms with Crippen LogP contribution in [-0.2, 0) is 0 Å². The van der Waals surface area contributed by atoms with Crippen molar-refractivity contribution >= 4 is 40.6 Å². The lowest BCUT2D eigenvalue weighted by molar-refractivity contribution is 0.0916. The molecule has 2 heterocycles. The molecule has 44 heavy (non-hydrogen) atoms. The first-order chi connectivity index (χ1) is 21.1. The van der Waals surface area contributed by atoms with Crippen LogP contribution in [0.4, 0.5) is 11.4 Å². The number of nitrogens with zero attached hydrogens (tertiary/aromatic N) is 3. The van der Waals surface area contributed by atoms with Crippen molar-refractivity contribution in [3.8, 4) is 16.9 Å². The van der Waals surface area contributed by atoms with E-state index in [2.05, 4.69) is 27.9 Å². The molecule has 2 aliphatic rings. The van der Waals surface area contributed by atoms with Crippen LogP contribution in [-0.4, -0.2) is 74.1 Å². The number of amides is 2. The number of aryl methyl sites for hydroxylation is 1. The van der Waals surface area contributed by atoms with E-state index >= 15 is 0 Å². The van der Waals surface area contributed by atoms with Crippen LogP contribution in [0.5, 0.6) is 5.75 Å². The lowest BCUT2D eigenvalue weighted by atomic mass is 9.96. The summed E-state index contributed by atoms with van der Waals surface area (Å²) in [4.78, 5) is 34.7. The average Bonchev–Trinajstić information content (AvgIpc) is 3.01. The van der Waals surface area contributed by atoms with Crippen LogP contribution in [0.15, 0.2) is 76.9 Å². The topological polar surface area (TPSA) is 124 Å². The van der Waals surface area contributed by atoms with E-state index in [0.29, 0.717) is 39.1 Å². The highest BCUT2D eigenvalue weighted by Crippen LogP contribution is 2.36. The standard InChI is InChI=1S/C33H38ClN7O3/c1-20-9-11-21(12-10-20)24-18-29(44-4)28(17-25(24)32(43)36-22-13-15-40(2)16-14-22)38-33-39-31(26(34)19-41(33)3)37-27-8-6-5-7-23(27)30(35)42/h5-12,17-19,22,33,38H,13-16H2,1-4H3,(H2,35,42)(H,36,43)(H,37,39). The zero-order valence-electron chi connectivity index (χ0n) is 25.4. The molecule has 5 rings (SSSR count). The lowest BCUT2D eigenvalue weighted by Crippen LogP contribution is -2.43. The number of benzene rings is 3. The molecule has 3 aromatic carbocycles. The second-order valence-electron chi connectivity index (χ2n) is 11.2. The Kier molecular flexibility index (Phi) is 9.41. The highest BCUT2D eigenvalue weighted by molar-refractivity contribution is 6.45. The fourth-order valence-corrected chi connectivity index (χ4v) is 5.57. The monoisotopic (exact) mass is 615 g/mol. The fourth-order valence-electron chi connectivity index (χ4n) is 5.32. The van der Waals surface area contributed by atoms with E-state index in [0.717, 1.165) is 42.6 Å². The molecule has 0 saturated carbocycles. The fraction of sp³-hybridized carbons (Fsp3) is 0.303. The second-order valence-corrected chi connectivity index (χ2v) is 11.6. The summed E-state index contributed by atoms with van der Waals surface area (Å²) in [5, 5.41) is 10.2. The second kappa shape index (κ2) is 13.4. The van der Waals surface area contributed by atoms with Gasteiger partial charge in [-0.25, -0.2) is 4.99 Å². The molecule has 0 spiro atoms. The van der Waals surface area contributed by atoms with Gasteiger partial charge in [0, 0.05) is 24.9 Å². The van der Waals surface area contributed by atoms with E-state index in [1.54, 1.807) is 42.5 Å². The van der Waals surface area contributed by atoms with Crippen molar-refractivity contribution in [2.45, 2.75) is 32.1 Å². The molecule has 1 fully saturated rings. The molecule has 2 aliphatic heterocycles. The van der Waals surface area contributed by atoms with E-state index in [-0.39, 0.29) is 11.9 Å². The number of ether oxygens (including phenoxy) is 1. The molecule has 0 radical (unpaired) electrons. The Balaban J connectivity index is 1.49. The van der Waals surface area contributed by atoms with Crippen LogP contribution >= 0.6 is 11.6 Å². The number of amidine groups is 1. The maximum atomic E-state index is 13.8. The molecule has 0 aromatic heterocycles. The number of methoxy groups -OCH3 is 1. The molecular formula is C33H38ClN7O3. The van der Waals surface area contributed by atoms with Crippen molar-refractivity contribution in [2.75, 3.05) is 44.9 Å². The smallest absolute Gasteiger partial charge is 0.252 e. The van der Waals surface area contributed by atoms with Crippen LogP contribution in [0.1, 0.15) is 39.1 Å². The summed E-state index contributed by atoms with van der Waals surface area (Å²) in [6.07, 6.45) is 2.89. The number of hydrogen-bond acceptors (Lipinski definition) is 8. The number of hydrogen-bond donors (Lipinski definition) is 4. The van der Waals surface area contributed by atoms with Crippen LogP contribution in [0, 0.1) is 6.92 Å². The third-order valence-corrected chi connectivity index (χ3v) is 8.19. The number of para-hydroxylation sites is 1. The van der Waals surface area contributed by atoms with Crippen molar-refractivity contribution in [1.82, 2.24) is 15.1 Å². The van der Waals surface area contributed by atoms with Crippen LogP contribution in [0.2, 0.25) is 0 Å². The molecule has 230 valence electrons. The summed E-state index contributed by atoms with van der Waals surface area (Å²) in [6.45, 7) is 3.91. The van der Waals surface area contributed by atoms with Gasteiger partial charge in [0.1, 0.15) is 11.6 Å². The number of carbonyl (C=O) groups excluding carboxylic acids is 2. The molecule has 1 saturated heterocycles. The number of nitrogens with two attached hydrogens (primary N) is 1. The summed E-state index contributed by atoms with van der Waals surface area (Å²) in [7, 11) is 5.52. The molecule has 1 atom stereocenters. The van der Waals surface area contributed by atoms with Gasteiger partial charge in [0.15, 0.2) is 6.29 Å². The van der Waals surface area contributed by atoms with Gasteiger partial charge in [0.25, 0.3) is 11.8 Å². The molecular weight excluding hydrogens is 578 g/mol. The first kappa shape index (κ1) is 30.9. The van der Waals surface area contributed by atoms with E-state index in [1.807, 2.05) is 50.4 Å². The van der Waals surface area contributed by atoms with Crippen LogP contribution in [0.3, 0.4) is 0 Å². The summed E-state index contributed by atoms with van der Waals surface area (Å²) in [5.41, 5.74) is 10.3. The average molecular weight is 616 g/mol. The molecule has 0 aliphatic carbocycles. The molecule has 5 N–H and O–H groups in total. The highest BCUT2D eigenvalue weighted by Gasteiger charge is 2.26. The molecule has 3 aromatic rings. The van der Waals surface area contributed by atoms with Crippen LogP contribution < -0.4 is 26.4 Å². The van der Waals surface area contributed by atoms with Gasteiger partial charge in [-0.3, -0.25) is 9.59 Å². The predicted molar refractivity (Wildman–Crippen MR) is 176 cm³/mol. The number of carbonyl (C=O) groups is 2. The van der Waals surface area contributed by atoms with Gasteiger partial charge in [-0.2, -0.15) is 0 Å². The number of aliphatic imine (C=N–C) groups is 1. The Morgan fingerprint density at radius 1 is 1.00 bits per heavy atom. The van der Waals surface area contributed by atoms with E-state index in [4.69, 9.17) is 27.1 Å². The Morgan fingerprint density at radius 2 is 1.70 bits per heavy atom. The minimum absolute atomic E-state index is 0.0985. The maximum absolute atomic E-state index is 13.8. The van der Waals surface area contributed by atoms with Gasteiger partial charge in [0.2, 0.25) is 0 Å². The van der Waals surface area contributed by atoms with E-state index in [1.165, 1.54) is 0 Å². The lowest BCUT2D eigenvalue weighted by Gasteiger charge is -2.31. The number of anilines is 2. The van der Waals surface area contributed by atoms with E-state index < -0.39 is 12.2 Å². The van der Waals surface area contributed by atoms with Gasteiger partial charge < -0.3 is 36.2 Å². The SMILES string of the molecule is COc1cc(-c2ccc(C)cc2)c(C(=O)NC2CCN(C)CC2)cc1NC1N=C(Nc2ccccc2C(N)=O)C(Cl)=CN1C. The normalized spacial score (nSPS) is 17.4. The number of piperidine rings is 1. The Bertz CT molecular complexity index is 1600. The van der Waals surface area contributed by atoms with Crippen molar-refractivity contribution in [1.29, 1.82) is 0 Å². The largest absolute Gasteiger partial charge is 0.495 e. The van der Waals surface area contributed by atoms with Crippen molar-refractivity contribution in [3.05, 3.63) is 88.6 Å². The first-order valence-electron chi connectivity index (χ1n) is 14.5. The summed E-state index contributed by atoms with van der Waals surface area (Å²) in [5.74, 6) is 0.191. The van der Waals surface area contributed by atoms with Gasteiger partial charge in [0.05, 0.1) is 29.1 Å². The quantitative estimate of drug-likeness (QED) is 0.286. The molecule has 10 nitrogen and oxygen atoms in total. The minimum atomic E-state index is -0.621. The predicted octanol–water partition coefficient (Wildman–Crippen LogP) is 4.83. The van der Waals surface area contributed by atoms with Gasteiger partial charge in [-0.15, -0.1) is 0 Å². The number of halogens is 1. The highest BCUT2D eigenvalue weighted by atomic mass is 35.5. The van der Waals surface area contributed by atoms with Gasteiger partial charge in [-0.1, -0.05) is 53.6 Å². The van der Waals surface area contributed by atoms with Crippen molar-refractivity contribution in [3.63, 3.8) is 0 Å². The van der Waals surface area contributed by atoms with E-state index in [9.17, 15) is 9.59 Å². The van der Waals surface area contributed by atoms with Gasteiger partial charge in [-0.05, 0) is 75.3 Å². The Hall–Kier alpha value is -4.54. The summed E-state index contributed by atoms with van der Waals surface area (Å²) in [6, 6.07) is 18.8. The van der Waals surface area contributed by atoms with Crippen molar-refractivity contribution < 1.29 is 14.3 Å². The number of rotatable bonds is 8. The molecule has 1 unspecified atom stereocenters. The third kappa shape index (κ3) is 6.98. The molecule has 2 amide bonds. The number of likely N-dealkylation sites (tertiary alicyclic amines) is 1. The summed E-state index contributed by atoms with van der Waals surface area (Å²) >= 11 is 6.56. The van der Waals surface area contributed by atoms with Crippen molar-refractivity contribution in [2.24, 2.45) is 10.7 Å². The third-order valence-electron chi connectivity index (χ3n) is 7.91. The minimum Gasteiger partial charge on any atom is -0.495 e.